The molecule has 0 saturated carbocycles. The molecule has 1 aromatic carbocycles. The molecule has 0 unspecified atom stereocenters. The van der Waals surface area contributed by atoms with E-state index in [4.69, 9.17) is 9.97 Å². The first-order valence-corrected chi connectivity index (χ1v) is 11.7. The predicted molar refractivity (Wildman–Crippen MR) is 128 cm³/mol. The van der Waals surface area contributed by atoms with Crippen molar-refractivity contribution in [2.24, 2.45) is 0 Å². The zero-order valence-corrected chi connectivity index (χ0v) is 19.8. The van der Waals surface area contributed by atoms with Crippen molar-refractivity contribution < 1.29 is 4.79 Å². The smallest absolute Gasteiger partial charge is 0.317 e. The summed E-state index contributed by atoms with van der Waals surface area (Å²) in [6.45, 7) is 13.2. The van der Waals surface area contributed by atoms with E-state index in [-0.39, 0.29) is 11.6 Å². The molecule has 164 valence electrons. The fourth-order valence-corrected chi connectivity index (χ4v) is 4.92. The summed E-state index contributed by atoms with van der Waals surface area (Å²) in [4.78, 5) is 29.0. The van der Waals surface area contributed by atoms with Crippen molar-refractivity contribution in [2.45, 2.75) is 46.6 Å². The van der Waals surface area contributed by atoms with Gasteiger partial charge in [0.25, 0.3) is 0 Å². The van der Waals surface area contributed by atoms with Crippen molar-refractivity contribution in [1.82, 2.24) is 20.2 Å². The van der Waals surface area contributed by atoms with Crippen molar-refractivity contribution in [3.63, 3.8) is 0 Å². The van der Waals surface area contributed by atoms with Gasteiger partial charge < -0.3 is 15.1 Å². The summed E-state index contributed by atoms with van der Waals surface area (Å²) >= 11 is 1.74. The maximum Gasteiger partial charge on any atom is 0.317 e. The molecule has 1 aliphatic rings. The highest BCUT2D eigenvalue weighted by Crippen LogP contribution is 2.35. The number of rotatable bonds is 3. The zero-order chi connectivity index (χ0) is 22.2. The molecule has 1 fully saturated rings. The van der Waals surface area contributed by atoms with Crippen LogP contribution in [0, 0.1) is 13.8 Å². The third-order valence-electron chi connectivity index (χ3n) is 5.61. The Kier molecular flexibility index (Phi) is 5.88. The van der Waals surface area contributed by atoms with Crippen LogP contribution < -0.4 is 10.2 Å². The number of aryl methyl sites for hydroxylation is 2. The lowest BCUT2D eigenvalue weighted by Gasteiger charge is -2.37. The molecule has 0 aliphatic carbocycles. The lowest BCUT2D eigenvalue weighted by molar-refractivity contribution is 0.185. The third-order valence-corrected chi connectivity index (χ3v) is 6.71. The van der Waals surface area contributed by atoms with Crippen molar-refractivity contribution in [3.05, 3.63) is 52.2 Å². The van der Waals surface area contributed by atoms with Gasteiger partial charge in [0.05, 0.1) is 5.39 Å². The first-order chi connectivity index (χ1) is 14.7. The molecule has 0 spiro atoms. The number of hydrogen-bond donors (Lipinski definition) is 1. The number of urea groups is 1. The molecule has 0 radical (unpaired) electrons. The summed E-state index contributed by atoms with van der Waals surface area (Å²) in [6.07, 6.45) is 0.716. The summed E-state index contributed by atoms with van der Waals surface area (Å²) in [5, 5.41) is 4.23. The van der Waals surface area contributed by atoms with Gasteiger partial charge in [-0.15, -0.1) is 11.3 Å². The summed E-state index contributed by atoms with van der Waals surface area (Å²) < 4.78 is 0. The van der Waals surface area contributed by atoms with E-state index in [0.29, 0.717) is 19.5 Å². The van der Waals surface area contributed by atoms with Gasteiger partial charge in [0.15, 0.2) is 0 Å². The maximum absolute atomic E-state index is 12.6. The minimum Gasteiger partial charge on any atom is -0.352 e. The van der Waals surface area contributed by atoms with E-state index in [9.17, 15) is 4.79 Å². The molecule has 0 atom stereocenters. The van der Waals surface area contributed by atoms with Gasteiger partial charge >= 0.3 is 6.03 Å². The Bertz CT molecular complexity index is 1080. The highest BCUT2D eigenvalue weighted by atomic mass is 32.1. The van der Waals surface area contributed by atoms with E-state index >= 15 is 0 Å². The summed E-state index contributed by atoms with van der Waals surface area (Å²) in [6, 6.07) is 10.4. The molecule has 4 rings (SSSR count). The molecule has 2 amide bonds. The second kappa shape index (κ2) is 8.46. The Labute approximate surface area is 188 Å². The van der Waals surface area contributed by atoms with Crippen LogP contribution in [-0.2, 0) is 6.42 Å². The number of carbonyl (C=O) groups is 1. The molecule has 3 heterocycles. The third kappa shape index (κ3) is 4.82. The van der Waals surface area contributed by atoms with Crippen molar-refractivity contribution in [1.29, 1.82) is 0 Å². The van der Waals surface area contributed by atoms with Crippen LogP contribution in [-0.4, -0.2) is 52.6 Å². The van der Waals surface area contributed by atoms with Gasteiger partial charge in [0, 0.05) is 43.0 Å². The normalized spacial score (nSPS) is 14.9. The fourth-order valence-electron chi connectivity index (χ4n) is 3.88. The van der Waals surface area contributed by atoms with Crippen molar-refractivity contribution >= 4 is 33.4 Å². The summed E-state index contributed by atoms with van der Waals surface area (Å²) in [5.41, 5.74) is 2.24. The van der Waals surface area contributed by atoms with E-state index in [0.717, 1.165) is 34.9 Å². The van der Waals surface area contributed by atoms with E-state index in [1.54, 1.807) is 11.3 Å². The zero-order valence-electron chi connectivity index (χ0n) is 19.0. The van der Waals surface area contributed by atoms with Crippen LogP contribution in [0.2, 0.25) is 0 Å². The Hall–Kier alpha value is -2.67. The highest BCUT2D eigenvalue weighted by Gasteiger charge is 2.27. The molecular formula is C24H31N5OS. The number of aromatic nitrogens is 2. The minimum atomic E-state index is -0.231. The highest BCUT2D eigenvalue weighted by molar-refractivity contribution is 7.18. The number of fused-ring (bicyclic) bond motifs is 1. The number of anilines is 1. The van der Waals surface area contributed by atoms with E-state index in [2.05, 4.69) is 48.3 Å². The fraction of sp³-hybridized carbons (Fsp3) is 0.458. The summed E-state index contributed by atoms with van der Waals surface area (Å²) in [5.74, 6) is 1.86. The number of nitrogens with one attached hydrogen (secondary N) is 1. The second-order valence-corrected chi connectivity index (χ2v) is 10.4. The Morgan fingerprint density at radius 1 is 1.06 bits per heavy atom. The van der Waals surface area contributed by atoms with Gasteiger partial charge in [-0.2, -0.15) is 0 Å². The van der Waals surface area contributed by atoms with Crippen LogP contribution in [0.3, 0.4) is 0 Å². The Morgan fingerprint density at radius 2 is 1.74 bits per heavy atom. The van der Waals surface area contributed by atoms with E-state index in [1.807, 2.05) is 31.7 Å². The van der Waals surface area contributed by atoms with Crippen LogP contribution in [0.5, 0.6) is 0 Å². The largest absolute Gasteiger partial charge is 0.352 e. The van der Waals surface area contributed by atoms with Gasteiger partial charge in [-0.1, -0.05) is 30.3 Å². The molecule has 1 saturated heterocycles. The van der Waals surface area contributed by atoms with Crippen LogP contribution in [0.25, 0.3) is 10.2 Å². The number of benzene rings is 1. The molecule has 7 heteroatoms. The van der Waals surface area contributed by atoms with Crippen LogP contribution >= 0.6 is 11.3 Å². The molecule has 2 aromatic heterocycles. The monoisotopic (exact) mass is 437 g/mol. The number of nitrogens with zero attached hydrogens (tertiary/aromatic N) is 4. The number of amides is 2. The average Bonchev–Trinajstić information content (AvgIpc) is 3.01. The second-order valence-electron chi connectivity index (χ2n) is 9.24. The van der Waals surface area contributed by atoms with Crippen LogP contribution in [0.1, 0.15) is 42.6 Å². The topological polar surface area (TPSA) is 61.4 Å². The van der Waals surface area contributed by atoms with Crippen molar-refractivity contribution in [2.75, 3.05) is 31.1 Å². The van der Waals surface area contributed by atoms with Crippen LogP contribution in [0.15, 0.2) is 30.3 Å². The first-order valence-electron chi connectivity index (χ1n) is 10.8. The van der Waals surface area contributed by atoms with Gasteiger partial charge in [-0.05, 0) is 45.7 Å². The Morgan fingerprint density at radius 3 is 2.39 bits per heavy atom. The number of hydrogen-bond acceptors (Lipinski definition) is 5. The van der Waals surface area contributed by atoms with Gasteiger partial charge in [-0.25, -0.2) is 14.8 Å². The minimum absolute atomic E-state index is 0.00677. The summed E-state index contributed by atoms with van der Waals surface area (Å²) in [7, 11) is 0. The number of thiophene rings is 1. The van der Waals surface area contributed by atoms with E-state index in [1.165, 1.54) is 16.0 Å². The van der Waals surface area contributed by atoms with E-state index < -0.39 is 0 Å². The molecule has 31 heavy (non-hydrogen) atoms. The van der Waals surface area contributed by atoms with Gasteiger partial charge in [-0.3, -0.25) is 0 Å². The molecule has 6 nitrogen and oxygen atoms in total. The lowest BCUT2D eigenvalue weighted by Crippen LogP contribution is -2.55. The molecular weight excluding hydrogens is 406 g/mol. The van der Waals surface area contributed by atoms with Gasteiger partial charge in [0.2, 0.25) is 0 Å². The number of piperazine rings is 1. The van der Waals surface area contributed by atoms with Crippen molar-refractivity contribution in [3.8, 4) is 0 Å². The molecule has 0 bridgehead atoms. The first kappa shape index (κ1) is 21.6. The molecule has 1 aliphatic heterocycles. The Balaban J connectivity index is 1.60. The predicted octanol–water partition coefficient (Wildman–Crippen LogP) is 4.53. The molecule has 1 N–H and O–H groups in total. The maximum atomic E-state index is 12.6. The number of carbonyl (C=O) groups excluding carboxylic acids is 1. The quantitative estimate of drug-likeness (QED) is 0.654. The SMILES string of the molecule is Cc1sc2nc(Cc3ccccc3)nc(N3CCN(C(=O)NC(C)(C)C)CC3)c2c1C. The molecule has 3 aromatic rings. The van der Waals surface area contributed by atoms with Crippen LogP contribution in [0.4, 0.5) is 10.6 Å². The standard InChI is InChI=1S/C24H31N5OS/c1-16-17(2)31-22-20(16)21(25-19(26-22)15-18-9-7-6-8-10-18)28-11-13-29(14-12-28)23(30)27-24(3,4)5/h6-10H,11-15H2,1-5H3,(H,27,30). The average molecular weight is 438 g/mol. The lowest BCUT2D eigenvalue weighted by atomic mass is 10.1. The van der Waals surface area contributed by atoms with Gasteiger partial charge in [0.1, 0.15) is 16.5 Å².